The van der Waals surface area contributed by atoms with Gasteiger partial charge in [-0.2, -0.15) is 0 Å². The standard InChI is InChI=1S/C13H22N2OS/c1-6-15(5)13(16)11(4)14-10(3)12-9(2)7-8-17-12/h7-8,10-11,14H,6H2,1-5H3. The molecule has 0 aliphatic heterocycles. The Morgan fingerprint density at radius 3 is 2.65 bits per heavy atom. The van der Waals surface area contributed by atoms with Gasteiger partial charge in [0.15, 0.2) is 0 Å². The van der Waals surface area contributed by atoms with Crippen molar-refractivity contribution in [2.24, 2.45) is 0 Å². The van der Waals surface area contributed by atoms with Crippen molar-refractivity contribution in [1.29, 1.82) is 0 Å². The van der Waals surface area contributed by atoms with E-state index < -0.39 is 0 Å². The summed E-state index contributed by atoms with van der Waals surface area (Å²) in [5.74, 6) is 0.147. The van der Waals surface area contributed by atoms with Gasteiger partial charge in [0, 0.05) is 24.5 Å². The first-order valence-electron chi connectivity index (χ1n) is 6.02. The van der Waals surface area contributed by atoms with E-state index in [4.69, 9.17) is 0 Å². The molecule has 1 rings (SSSR count). The van der Waals surface area contributed by atoms with Crippen LogP contribution < -0.4 is 5.32 Å². The van der Waals surface area contributed by atoms with Crippen molar-refractivity contribution in [3.63, 3.8) is 0 Å². The zero-order valence-electron chi connectivity index (χ0n) is 11.3. The number of carbonyl (C=O) groups is 1. The zero-order valence-corrected chi connectivity index (χ0v) is 12.1. The maximum Gasteiger partial charge on any atom is 0.239 e. The SMILES string of the molecule is CCN(C)C(=O)C(C)NC(C)c1sccc1C. The molecule has 1 aromatic rings. The minimum atomic E-state index is -0.142. The van der Waals surface area contributed by atoms with Crippen molar-refractivity contribution < 1.29 is 4.79 Å². The molecule has 0 bridgehead atoms. The number of amides is 1. The van der Waals surface area contributed by atoms with Crippen LogP contribution in [0, 0.1) is 6.92 Å². The molecule has 0 aliphatic rings. The minimum absolute atomic E-state index is 0.142. The summed E-state index contributed by atoms with van der Waals surface area (Å²) in [5.41, 5.74) is 1.29. The number of hydrogen-bond donors (Lipinski definition) is 1. The van der Waals surface area contributed by atoms with E-state index in [1.165, 1.54) is 10.4 Å². The molecule has 0 saturated heterocycles. The third kappa shape index (κ3) is 3.54. The van der Waals surface area contributed by atoms with Gasteiger partial charge in [0.2, 0.25) is 5.91 Å². The number of hydrogen-bond acceptors (Lipinski definition) is 3. The van der Waals surface area contributed by atoms with Crippen LogP contribution in [0.5, 0.6) is 0 Å². The molecular formula is C13H22N2OS. The summed E-state index contributed by atoms with van der Waals surface area (Å²) in [6.45, 7) is 8.87. The van der Waals surface area contributed by atoms with Gasteiger partial charge in [0.25, 0.3) is 0 Å². The summed E-state index contributed by atoms with van der Waals surface area (Å²) in [7, 11) is 1.83. The van der Waals surface area contributed by atoms with Gasteiger partial charge in [-0.15, -0.1) is 11.3 Å². The highest BCUT2D eigenvalue weighted by Crippen LogP contribution is 2.23. The first-order valence-corrected chi connectivity index (χ1v) is 6.90. The van der Waals surface area contributed by atoms with E-state index in [9.17, 15) is 4.79 Å². The van der Waals surface area contributed by atoms with E-state index in [2.05, 4.69) is 30.6 Å². The van der Waals surface area contributed by atoms with E-state index in [1.54, 1.807) is 16.2 Å². The third-order valence-corrected chi connectivity index (χ3v) is 4.22. The quantitative estimate of drug-likeness (QED) is 0.876. The lowest BCUT2D eigenvalue weighted by molar-refractivity contribution is -0.131. The normalized spacial score (nSPS) is 14.4. The molecule has 0 saturated carbocycles. The van der Waals surface area contributed by atoms with Crippen molar-refractivity contribution >= 4 is 17.2 Å². The molecular weight excluding hydrogens is 232 g/mol. The van der Waals surface area contributed by atoms with Crippen LogP contribution in [-0.4, -0.2) is 30.4 Å². The molecule has 0 aliphatic carbocycles. The lowest BCUT2D eigenvalue weighted by Gasteiger charge is -2.23. The maximum absolute atomic E-state index is 11.9. The Labute approximate surface area is 108 Å². The second-order valence-electron chi connectivity index (χ2n) is 4.43. The highest BCUT2D eigenvalue weighted by molar-refractivity contribution is 7.10. The summed E-state index contributed by atoms with van der Waals surface area (Å²) in [4.78, 5) is 15.0. The molecule has 4 heteroatoms. The summed E-state index contributed by atoms with van der Waals surface area (Å²) >= 11 is 1.74. The Morgan fingerprint density at radius 1 is 1.53 bits per heavy atom. The fraction of sp³-hybridized carbons (Fsp3) is 0.615. The molecule has 2 atom stereocenters. The lowest BCUT2D eigenvalue weighted by Crippen LogP contribution is -2.43. The van der Waals surface area contributed by atoms with Crippen LogP contribution in [0.3, 0.4) is 0 Å². The second kappa shape index (κ2) is 6.17. The number of carbonyl (C=O) groups excluding carboxylic acids is 1. The Hall–Kier alpha value is -0.870. The molecule has 96 valence electrons. The number of likely N-dealkylation sites (N-methyl/N-ethyl adjacent to an activating group) is 1. The van der Waals surface area contributed by atoms with Crippen molar-refractivity contribution in [1.82, 2.24) is 10.2 Å². The summed E-state index contributed by atoms with van der Waals surface area (Å²) in [6.07, 6.45) is 0. The number of nitrogens with zero attached hydrogens (tertiary/aromatic N) is 1. The fourth-order valence-corrected chi connectivity index (χ4v) is 2.78. The van der Waals surface area contributed by atoms with Crippen molar-refractivity contribution in [3.05, 3.63) is 21.9 Å². The first-order chi connectivity index (χ1) is 7.97. The smallest absolute Gasteiger partial charge is 0.239 e. The van der Waals surface area contributed by atoms with Crippen molar-refractivity contribution in [2.75, 3.05) is 13.6 Å². The molecule has 1 N–H and O–H groups in total. The van der Waals surface area contributed by atoms with Gasteiger partial charge in [-0.05, 0) is 44.7 Å². The highest BCUT2D eigenvalue weighted by Gasteiger charge is 2.19. The molecule has 0 fully saturated rings. The van der Waals surface area contributed by atoms with Gasteiger partial charge < -0.3 is 4.90 Å². The molecule has 1 heterocycles. The minimum Gasteiger partial charge on any atom is -0.345 e. The van der Waals surface area contributed by atoms with Crippen LogP contribution in [0.25, 0.3) is 0 Å². The molecule has 0 aromatic carbocycles. The zero-order chi connectivity index (χ0) is 13.0. The Balaban J connectivity index is 2.60. The second-order valence-corrected chi connectivity index (χ2v) is 5.38. The Kier molecular flexibility index (Phi) is 5.15. The van der Waals surface area contributed by atoms with Crippen LogP contribution in [0.4, 0.5) is 0 Å². The molecule has 2 unspecified atom stereocenters. The predicted molar refractivity (Wildman–Crippen MR) is 73.4 cm³/mol. The van der Waals surface area contributed by atoms with Crippen molar-refractivity contribution in [3.8, 4) is 0 Å². The van der Waals surface area contributed by atoms with Crippen LogP contribution in [0.1, 0.15) is 37.3 Å². The maximum atomic E-state index is 11.9. The van der Waals surface area contributed by atoms with Crippen LogP contribution >= 0.6 is 11.3 Å². The molecule has 3 nitrogen and oxygen atoms in total. The topological polar surface area (TPSA) is 32.3 Å². The van der Waals surface area contributed by atoms with Crippen molar-refractivity contribution in [2.45, 2.75) is 39.8 Å². The number of nitrogens with one attached hydrogen (secondary N) is 1. The van der Waals surface area contributed by atoms with Crippen LogP contribution in [0.2, 0.25) is 0 Å². The Bertz CT molecular complexity index is 375. The highest BCUT2D eigenvalue weighted by atomic mass is 32.1. The van der Waals surface area contributed by atoms with Gasteiger partial charge in [0.05, 0.1) is 6.04 Å². The summed E-state index contributed by atoms with van der Waals surface area (Å²) in [6, 6.07) is 2.19. The third-order valence-electron chi connectivity index (χ3n) is 3.02. The molecule has 0 spiro atoms. The largest absolute Gasteiger partial charge is 0.345 e. The average molecular weight is 254 g/mol. The molecule has 17 heavy (non-hydrogen) atoms. The first kappa shape index (κ1) is 14.2. The predicted octanol–water partition coefficient (Wildman–Crippen LogP) is 2.57. The van der Waals surface area contributed by atoms with Gasteiger partial charge in [-0.25, -0.2) is 0 Å². The van der Waals surface area contributed by atoms with E-state index in [0.29, 0.717) is 0 Å². The number of thiophene rings is 1. The fourth-order valence-electron chi connectivity index (χ4n) is 1.84. The van der Waals surface area contributed by atoms with E-state index in [1.807, 2.05) is 20.9 Å². The number of aryl methyl sites for hydroxylation is 1. The molecule has 0 radical (unpaired) electrons. The summed E-state index contributed by atoms with van der Waals surface area (Å²) < 4.78 is 0. The van der Waals surface area contributed by atoms with E-state index in [-0.39, 0.29) is 18.0 Å². The van der Waals surface area contributed by atoms with Gasteiger partial charge in [-0.3, -0.25) is 10.1 Å². The Morgan fingerprint density at radius 2 is 2.18 bits per heavy atom. The van der Waals surface area contributed by atoms with Gasteiger partial charge in [0.1, 0.15) is 0 Å². The number of rotatable bonds is 5. The van der Waals surface area contributed by atoms with Crippen LogP contribution in [-0.2, 0) is 4.79 Å². The van der Waals surface area contributed by atoms with E-state index >= 15 is 0 Å². The van der Waals surface area contributed by atoms with Gasteiger partial charge >= 0.3 is 0 Å². The average Bonchev–Trinajstić information content (AvgIpc) is 2.73. The molecule has 1 aromatic heterocycles. The summed E-state index contributed by atoms with van der Waals surface area (Å²) in [5, 5.41) is 5.45. The van der Waals surface area contributed by atoms with E-state index in [0.717, 1.165) is 6.54 Å². The lowest BCUT2D eigenvalue weighted by atomic mass is 10.1. The van der Waals surface area contributed by atoms with Gasteiger partial charge in [-0.1, -0.05) is 0 Å². The van der Waals surface area contributed by atoms with Crippen LogP contribution in [0.15, 0.2) is 11.4 Å². The monoisotopic (exact) mass is 254 g/mol. The molecule has 1 amide bonds.